The molecule has 0 amide bonds. The van der Waals surface area contributed by atoms with Gasteiger partial charge in [-0.1, -0.05) is 6.92 Å². The molecule has 1 fully saturated rings. The summed E-state index contributed by atoms with van der Waals surface area (Å²) in [7, 11) is 0. The molecule has 0 unspecified atom stereocenters. The summed E-state index contributed by atoms with van der Waals surface area (Å²) < 4.78 is 42.0. The summed E-state index contributed by atoms with van der Waals surface area (Å²) in [5, 5.41) is 0. The Bertz CT molecular complexity index is 235. The van der Waals surface area contributed by atoms with E-state index in [-0.39, 0.29) is 0 Å². The van der Waals surface area contributed by atoms with Crippen molar-refractivity contribution in [2.24, 2.45) is 0 Å². The molecule has 0 aromatic carbocycles. The standard InChI is InChI=1S/C10H15F3O2/c1-2-9(5-3-4-6-9)15-8(14)10(12,13)7-11/h2-7H2,1H3. The summed E-state index contributed by atoms with van der Waals surface area (Å²) in [6, 6.07) is 0. The molecule has 1 saturated carbocycles. The van der Waals surface area contributed by atoms with E-state index in [1.807, 2.05) is 0 Å². The van der Waals surface area contributed by atoms with Gasteiger partial charge in [0.1, 0.15) is 5.60 Å². The Morgan fingerprint density at radius 1 is 1.40 bits per heavy atom. The Morgan fingerprint density at radius 2 is 1.93 bits per heavy atom. The highest BCUT2D eigenvalue weighted by molar-refractivity contribution is 5.78. The Kier molecular flexibility index (Phi) is 3.62. The molecule has 88 valence electrons. The van der Waals surface area contributed by atoms with Gasteiger partial charge in [0, 0.05) is 0 Å². The minimum absolute atomic E-state index is 0.501. The molecule has 0 saturated heterocycles. The normalized spacial score (nSPS) is 20.3. The minimum Gasteiger partial charge on any atom is -0.455 e. The SMILES string of the molecule is CCC1(OC(=O)C(F)(F)CF)CCCC1. The third-order valence-corrected chi connectivity index (χ3v) is 2.93. The average Bonchev–Trinajstić information content (AvgIpc) is 2.67. The molecule has 2 nitrogen and oxygen atoms in total. The van der Waals surface area contributed by atoms with Crippen LogP contribution in [0.5, 0.6) is 0 Å². The smallest absolute Gasteiger partial charge is 0.380 e. The molecular formula is C10H15F3O2. The van der Waals surface area contributed by atoms with Crippen molar-refractivity contribution in [1.29, 1.82) is 0 Å². The number of carbonyl (C=O) groups is 1. The summed E-state index contributed by atoms with van der Waals surface area (Å²) in [6.45, 7) is -0.210. The highest BCUT2D eigenvalue weighted by atomic mass is 19.3. The number of carbonyl (C=O) groups excluding carboxylic acids is 1. The first-order valence-electron chi connectivity index (χ1n) is 5.13. The van der Waals surface area contributed by atoms with Crippen LogP contribution in [0.25, 0.3) is 0 Å². The number of hydrogen-bond acceptors (Lipinski definition) is 2. The van der Waals surface area contributed by atoms with E-state index in [0.717, 1.165) is 12.8 Å². The second-order valence-corrected chi connectivity index (χ2v) is 3.97. The number of halogens is 3. The Balaban J connectivity index is 2.63. The van der Waals surface area contributed by atoms with Crippen molar-refractivity contribution >= 4 is 5.97 Å². The van der Waals surface area contributed by atoms with Crippen LogP contribution in [0.2, 0.25) is 0 Å². The maximum atomic E-state index is 12.7. The fraction of sp³-hybridized carbons (Fsp3) is 0.900. The summed E-state index contributed by atoms with van der Waals surface area (Å²) in [4.78, 5) is 11.0. The molecule has 0 spiro atoms. The molecule has 15 heavy (non-hydrogen) atoms. The van der Waals surface area contributed by atoms with E-state index in [1.165, 1.54) is 0 Å². The lowest BCUT2D eigenvalue weighted by Crippen LogP contribution is -2.40. The van der Waals surface area contributed by atoms with Crippen molar-refractivity contribution in [3.63, 3.8) is 0 Å². The van der Waals surface area contributed by atoms with Gasteiger partial charge in [0.25, 0.3) is 0 Å². The van der Waals surface area contributed by atoms with Gasteiger partial charge < -0.3 is 4.74 Å². The van der Waals surface area contributed by atoms with Crippen molar-refractivity contribution in [3.8, 4) is 0 Å². The topological polar surface area (TPSA) is 26.3 Å². The summed E-state index contributed by atoms with van der Waals surface area (Å²) in [5.74, 6) is -5.72. The molecule has 1 rings (SSSR count). The first-order valence-corrected chi connectivity index (χ1v) is 5.13. The second kappa shape index (κ2) is 4.41. The van der Waals surface area contributed by atoms with Gasteiger partial charge >= 0.3 is 11.9 Å². The van der Waals surface area contributed by atoms with Crippen LogP contribution >= 0.6 is 0 Å². The fourth-order valence-electron chi connectivity index (χ4n) is 1.87. The zero-order valence-electron chi connectivity index (χ0n) is 8.69. The van der Waals surface area contributed by atoms with Crippen LogP contribution in [-0.4, -0.2) is 24.2 Å². The fourth-order valence-corrected chi connectivity index (χ4v) is 1.87. The van der Waals surface area contributed by atoms with Crippen LogP contribution in [0, 0.1) is 0 Å². The minimum atomic E-state index is -4.00. The lowest BCUT2D eigenvalue weighted by molar-refractivity contribution is -0.190. The van der Waals surface area contributed by atoms with E-state index >= 15 is 0 Å². The first-order chi connectivity index (χ1) is 6.96. The lowest BCUT2D eigenvalue weighted by Gasteiger charge is -2.29. The molecule has 0 radical (unpaired) electrons. The third kappa shape index (κ3) is 2.63. The van der Waals surface area contributed by atoms with Crippen LogP contribution in [0.1, 0.15) is 39.0 Å². The van der Waals surface area contributed by atoms with Crippen molar-refractivity contribution in [1.82, 2.24) is 0 Å². The van der Waals surface area contributed by atoms with Crippen molar-refractivity contribution in [2.45, 2.75) is 50.6 Å². The van der Waals surface area contributed by atoms with Crippen LogP contribution < -0.4 is 0 Å². The van der Waals surface area contributed by atoms with Gasteiger partial charge in [-0.05, 0) is 32.1 Å². The largest absolute Gasteiger partial charge is 0.455 e. The number of rotatable bonds is 4. The van der Waals surface area contributed by atoms with Crippen LogP contribution in [0.3, 0.4) is 0 Å². The molecule has 0 N–H and O–H groups in total. The number of ether oxygens (including phenoxy) is 1. The van der Waals surface area contributed by atoms with Crippen LogP contribution in [0.4, 0.5) is 13.2 Å². The molecule has 1 aliphatic carbocycles. The summed E-state index contributed by atoms with van der Waals surface area (Å²) >= 11 is 0. The number of esters is 1. The second-order valence-electron chi connectivity index (χ2n) is 3.97. The molecular weight excluding hydrogens is 209 g/mol. The van der Waals surface area contributed by atoms with Crippen molar-refractivity contribution in [3.05, 3.63) is 0 Å². The van der Waals surface area contributed by atoms with Gasteiger partial charge in [0.15, 0.2) is 6.67 Å². The predicted molar refractivity (Wildman–Crippen MR) is 48.5 cm³/mol. The van der Waals surface area contributed by atoms with Gasteiger partial charge in [-0.3, -0.25) is 0 Å². The molecule has 5 heteroatoms. The van der Waals surface area contributed by atoms with E-state index in [2.05, 4.69) is 0 Å². The highest BCUT2D eigenvalue weighted by Gasteiger charge is 2.46. The molecule has 0 aliphatic heterocycles. The van der Waals surface area contributed by atoms with Crippen molar-refractivity contribution < 1.29 is 22.7 Å². The Labute approximate surface area is 86.8 Å². The maximum Gasteiger partial charge on any atom is 0.380 e. The average molecular weight is 224 g/mol. The highest BCUT2D eigenvalue weighted by Crippen LogP contribution is 2.37. The van der Waals surface area contributed by atoms with Crippen LogP contribution in [-0.2, 0) is 9.53 Å². The maximum absolute atomic E-state index is 12.7. The first kappa shape index (κ1) is 12.3. The van der Waals surface area contributed by atoms with E-state index < -0.39 is 24.2 Å². The molecule has 0 aromatic heterocycles. The van der Waals surface area contributed by atoms with E-state index in [4.69, 9.17) is 4.74 Å². The van der Waals surface area contributed by atoms with Crippen LogP contribution in [0.15, 0.2) is 0 Å². The van der Waals surface area contributed by atoms with Gasteiger partial charge in [0.05, 0.1) is 0 Å². The molecule has 0 atom stereocenters. The molecule has 0 heterocycles. The summed E-state index contributed by atoms with van der Waals surface area (Å²) in [6.07, 6.45) is 3.42. The monoisotopic (exact) mass is 224 g/mol. The summed E-state index contributed by atoms with van der Waals surface area (Å²) in [5.41, 5.74) is -0.782. The van der Waals surface area contributed by atoms with E-state index in [9.17, 15) is 18.0 Å². The van der Waals surface area contributed by atoms with Gasteiger partial charge in [-0.25, -0.2) is 9.18 Å². The number of alkyl halides is 3. The predicted octanol–water partition coefficient (Wildman–Crippen LogP) is 2.86. The Hall–Kier alpha value is -0.740. The Morgan fingerprint density at radius 3 is 2.33 bits per heavy atom. The quantitative estimate of drug-likeness (QED) is 0.686. The van der Waals surface area contributed by atoms with Crippen molar-refractivity contribution in [2.75, 3.05) is 6.67 Å². The zero-order chi connectivity index (χ0) is 11.5. The third-order valence-electron chi connectivity index (χ3n) is 2.93. The lowest BCUT2D eigenvalue weighted by atomic mass is 9.99. The zero-order valence-corrected chi connectivity index (χ0v) is 8.69. The van der Waals surface area contributed by atoms with Gasteiger partial charge in [-0.2, -0.15) is 8.78 Å². The van der Waals surface area contributed by atoms with Gasteiger partial charge in [-0.15, -0.1) is 0 Å². The van der Waals surface area contributed by atoms with E-state index in [1.54, 1.807) is 6.92 Å². The van der Waals surface area contributed by atoms with E-state index in [0.29, 0.717) is 19.3 Å². The molecule has 1 aliphatic rings. The van der Waals surface area contributed by atoms with Gasteiger partial charge in [0.2, 0.25) is 0 Å². The molecule has 0 bridgehead atoms. The number of hydrogen-bond donors (Lipinski definition) is 0. The molecule has 0 aromatic rings.